The number of benzene rings is 2. The number of hydrogen-bond donors (Lipinski definition) is 0. The quantitative estimate of drug-likeness (QED) is 0.706. The first-order chi connectivity index (χ1) is 9.65. The van der Waals surface area contributed by atoms with E-state index >= 15 is 0 Å². The molecule has 3 nitrogen and oxygen atoms in total. The van der Waals surface area contributed by atoms with Crippen molar-refractivity contribution in [1.29, 1.82) is 0 Å². The van der Waals surface area contributed by atoms with E-state index in [0.29, 0.717) is 0 Å². The number of para-hydroxylation sites is 1. The van der Waals surface area contributed by atoms with Gasteiger partial charge in [0, 0.05) is 25.0 Å². The first kappa shape index (κ1) is 12.6. The molecule has 0 N–H and O–H groups in total. The van der Waals surface area contributed by atoms with Crippen LogP contribution in [0.1, 0.15) is 5.56 Å². The van der Waals surface area contributed by atoms with Gasteiger partial charge in [-0.25, -0.2) is 9.97 Å². The number of anilines is 1. The third-order valence-electron chi connectivity index (χ3n) is 3.28. The predicted molar refractivity (Wildman–Crippen MR) is 84.0 cm³/mol. The molecule has 0 atom stereocenters. The number of fused-ring (bicyclic) bond motifs is 1. The van der Waals surface area contributed by atoms with E-state index in [0.717, 1.165) is 28.1 Å². The van der Waals surface area contributed by atoms with Crippen LogP contribution in [-0.4, -0.2) is 24.1 Å². The summed E-state index contributed by atoms with van der Waals surface area (Å²) >= 11 is 0. The zero-order valence-electron chi connectivity index (χ0n) is 12.0. The van der Waals surface area contributed by atoms with E-state index < -0.39 is 0 Å². The van der Waals surface area contributed by atoms with Crippen molar-refractivity contribution in [1.82, 2.24) is 9.97 Å². The molecule has 0 bridgehead atoms. The van der Waals surface area contributed by atoms with Crippen LogP contribution in [0.5, 0.6) is 0 Å². The van der Waals surface area contributed by atoms with Gasteiger partial charge in [0.05, 0.1) is 5.52 Å². The molecule has 20 heavy (non-hydrogen) atoms. The molecule has 2 aromatic carbocycles. The lowest BCUT2D eigenvalue weighted by molar-refractivity contribution is 1.07. The topological polar surface area (TPSA) is 29.0 Å². The molecule has 3 rings (SSSR count). The molecule has 100 valence electrons. The normalized spacial score (nSPS) is 10.8. The molecule has 0 saturated carbocycles. The van der Waals surface area contributed by atoms with Crippen LogP contribution >= 0.6 is 0 Å². The lowest BCUT2D eigenvalue weighted by atomic mass is 10.1. The maximum atomic E-state index is 4.73. The Bertz CT molecular complexity index is 763. The van der Waals surface area contributed by atoms with Gasteiger partial charge in [0.2, 0.25) is 0 Å². The second kappa shape index (κ2) is 4.93. The molecule has 0 fully saturated rings. The molecule has 1 heterocycles. The Morgan fingerprint density at radius 2 is 1.70 bits per heavy atom. The van der Waals surface area contributed by atoms with E-state index in [9.17, 15) is 0 Å². The summed E-state index contributed by atoms with van der Waals surface area (Å²) in [6.45, 7) is 2.08. The van der Waals surface area contributed by atoms with Crippen LogP contribution in [0.4, 0.5) is 5.82 Å². The highest BCUT2D eigenvalue weighted by molar-refractivity contribution is 5.90. The number of aryl methyl sites for hydroxylation is 1. The minimum Gasteiger partial charge on any atom is -0.362 e. The highest BCUT2D eigenvalue weighted by Crippen LogP contribution is 2.26. The zero-order chi connectivity index (χ0) is 14.1. The number of hydrogen-bond acceptors (Lipinski definition) is 3. The summed E-state index contributed by atoms with van der Waals surface area (Å²) in [6, 6.07) is 16.4. The molecule has 0 unspecified atom stereocenters. The van der Waals surface area contributed by atoms with Gasteiger partial charge in [0.25, 0.3) is 0 Å². The average molecular weight is 263 g/mol. The fourth-order valence-corrected chi connectivity index (χ4v) is 2.31. The molecular weight excluding hydrogens is 246 g/mol. The van der Waals surface area contributed by atoms with Gasteiger partial charge < -0.3 is 4.90 Å². The Morgan fingerprint density at radius 1 is 0.900 bits per heavy atom. The van der Waals surface area contributed by atoms with Crippen molar-refractivity contribution in [3.63, 3.8) is 0 Å². The van der Waals surface area contributed by atoms with E-state index in [4.69, 9.17) is 9.97 Å². The second-order valence-corrected chi connectivity index (χ2v) is 5.15. The van der Waals surface area contributed by atoms with Crippen LogP contribution in [0.15, 0.2) is 48.5 Å². The second-order valence-electron chi connectivity index (χ2n) is 5.15. The van der Waals surface area contributed by atoms with E-state index in [-0.39, 0.29) is 0 Å². The maximum Gasteiger partial charge on any atom is 0.162 e. The van der Waals surface area contributed by atoms with Crippen LogP contribution in [0, 0.1) is 6.92 Å². The van der Waals surface area contributed by atoms with Crippen LogP contribution in [-0.2, 0) is 0 Å². The van der Waals surface area contributed by atoms with Gasteiger partial charge in [-0.2, -0.15) is 0 Å². The first-order valence-corrected chi connectivity index (χ1v) is 6.66. The SMILES string of the molecule is Cc1cccc(-c2nc(N(C)C)c3ccccc3n2)c1. The highest BCUT2D eigenvalue weighted by Gasteiger charge is 2.10. The van der Waals surface area contributed by atoms with Gasteiger partial charge in [0.1, 0.15) is 5.82 Å². The zero-order valence-corrected chi connectivity index (χ0v) is 12.0. The Hall–Kier alpha value is -2.42. The van der Waals surface area contributed by atoms with E-state index in [1.165, 1.54) is 5.56 Å². The Balaban J connectivity index is 2.27. The summed E-state index contributed by atoms with van der Waals surface area (Å²) < 4.78 is 0. The van der Waals surface area contributed by atoms with Crippen LogP contribution in [0.2, 0.25) is 0 Å². The third kappa shape index (κ3) is 2.23. The van der Waals surface area contributed by atoms with Crippen molar-refractivity contribution in [3.05, 3.63) is 54.1 Å². The monoisotopic (exact) mass is 263 g/mol. The summed E-state index contributed by atoms with van der Waals surface area (Å²) in [7, 11) is 4.02. The molecule has 0 saturated heterocycles. The standard InChI is InChI=1S/C17H17N3/c1-12-7-6-8-13(11-12)16-18-15-10-5-4-9-14(15)17(19-16)20(2)3/h4-11H,1-3H3. The molecule has 0 aliphatic carbocycles. The van der Waals surface area contributed by atoms with Gasteiger partial charge in [-0.1, -0.05) is 35.9 Å². The number of rotatable bonds is 2. The molecule has 0 radical (unpaired) electrons. The van der Waals surface area contributed by atoms with E-state index in [1.807, 2.05) is 43.3 Å². The Morgan fingerprint density at radius 3 is 2.45 bits per heavy atom. The summed E-state index contributed by atoms with van der Waals surface area (Å²) in [5, 5.41) is 1.08. The molecule has 1 aromatic heterocycles. The largest absolute Gasteiger partial charge is 0.362 e. The molecule has 3 aromatic rings. The van der Waals surface area contributed by atoms with E-state index in [2.05, 4.69) is 31.2 Å². The highest BCUT2D eigenvalue weighted by atomic mass is 15.2. The van der Waals surface area contributed by atoms with Gasteiger partial charge in [-0.15, -0.1) is 0 Å². The van der Waals surface area contributed by atoms with Crippen LogP contribution < -0.4 is 4.90 Å². The summed E-state index contributed by atoms with van der Waals surface area (Å²) in [5.41, 5.74) is 3.24. The summed E-state index contributed by atoms with van der Waals surface area (Å²) in [6.07, 6.45) is 0. The first-order valence-electron chi connectivity index (χ1n) is 6.66. The van der Waals surface area contributed by atoms with Crippen LogP contribution in [0.25, 0.3) is 22.3 Å². The van der Waals surface area contributed by atoms with Gasteiger partial charge in [-0.3, -0.25) is 0 Å². The van der Waals surface area contributed by atoms with E-state index in [1.54, 1.807) is 0 Å². The van der Waals surface area contributed by atoms with Gasteiger partial charge in [-0.05, 0) is 25.1 Å². The van der Waals surface area contributed by atoms with Crippen LogP contribution in [0.3, 0.4) is 0 Å². The minimum atomic E-state index is 0.774. The van der Waals surface area contributed by atoms with Crippen molar-refractivity contribution < 1.29 is 0 Å². The minimum absolute atomic E-state index is 0.774. The Labute approximate surface area is 118 Å². The fraction of sp³-hybridized carbons (Fsp3) is 0.176. The molecule has 0 aliphatic rings. The fourth-order valence-electron chi connectivity index (χ4n) is 2.31. The number of aromatic nitrogens is 2. The molecule has 3 heteroatoms. The smallest absolute Gasteiger partial charge is 0.162 e. The van der Waals surface area contributed by atoms with Crippen molar-refractivity contribution in [2.45, 2.75) is 6.92 Å². The summed E-state index contributed by atoms with van der Waals surface area (Å²) in [4.78, 5) is 11.4. The molecule has 0 spiro atoms. The van der Waals surface area contributed by atoms with Gasteiger partial charge >= 0.3 is 0 Å². The van der Waals surface area contributed by atoms with Crippen molar-refractivity contribution in [2.24, 2.45) is 0 Å². The van der Waals surface area contributed by atoms with Crippen molar-refractivity contribution in [3.8, 4) is 11.4 Å². The molecule has 0 aliphatic heterocycles. The average Bonchev–Trinajstić information content (AvgIpc) is 2.46. The lowest BCUT2D eigenvalue weighted by Gasteiger charge is -2.15. The predicted octanol–water partition coefficient (Wildman–Crippen LogP) is 3.67. The van der Waals surface area contributed by atoms with Gasteiger partial charge in [0.15, 0.2) is 5.82 Å². The summed E-state index contributed by atoms with van der Waals surface area (Å²) in [5.74, 6) is 1.73. The third-order valence-corrected chi connectivity index (χ3v) is 3.28. The Kier molecular flexibility index (Phi) is 3.11. The lowest BCUT2D eigenvalue weighted by Crippen LogP contribution is -2.12. The van der Waals surface area contributed by atoms with Crippen molar-refractivity contribution >= 4 is 16.7 Å². The molecule has 0 amide bonds. The number of nitrogens with zero attached hydrogens (tertiary/aromatic N) is 3. The van der Waals surface area contributed by atoms with Crippen molar-refractivity contribution in [2.75, 3.05) is 19.0 Å². The maximum absolute atomic E-state index is 4.73. The molecular formula is C17H17N3.